The van der Waals surface area contributed by atoms with Crippen LogP contribution in [-0.4, -0.2) is 13.6 Å². The Morgan fingerprint density at radius 3 is 2.06 bits per heavy atom. The molecule has 0 radical (unpaired) electrons. The summed E-state index contributed by atoms with van der Waals surface area (Å²) >= 11 is 0. The molecule has 0 fully saturated rings. The van der Waals surface area contributed by atoms with Gasteiger partial charge in [-0.15, -0.1) is 0 Å². The van der Waals surface area contributed by atoms with Gasteiger partial charge < -0.3 is 5.32 Å². The fourth-order valence-electron chi connectivity index (χ4n) is 2.45. The minimum absolute atomic E-state index is 0.653. The fourth-order valence-corrected chi connectivity index (χ4v) is 2.45. The van der Waals surface area contributed by atoms with Crippen molar-refractivity contribution in [2.75, 3.05) is 13.6 Å². The zero-order chi connectivity index (χ0) is 12.0. The summed E-state index contributed by atoms with van der Waals surface area (Å²) < 4.78 is 0. The molecule has 1 N–H and O–H groups in total. The molecular formula is C15H25N. The van der Waals surface area contributed by atoms with Crippen LogP contribution >= 0.6 is 0 Å². The molecule has 0 saturated heterocycles. The minimum Gasteiger partial charge on any atom is -0.319 e. The quantitative estimate of drug-likeness (QED) is 0.768. The zero-order valence-electron chi connectivity index (χ0n) is 11.1. The molecule has 1 atom stereocenters. The largest absolute Gasteiger partial charge is 0.319 e. The number of likely N-dealkylation sites (N-methyl/N-ethyl adjacent to an activating group) is 1. The van der Waals surface area contributed by atoms with Crippen LogP contribution < -0.4 is 5.32 Å². The molecule has 0 bridgehead atoms. The third-order valence-corrected chi connectivity index (χ3v) is 3.55. The van der Waals surface area contributed by atoms with Crippen LogP contribution in [0.5, 0.6) is 0 Å². The molecule has 0 aliphatic rings. The number of aryl methyl sites for hydroxylation is 1. The summed E-state index contributed by atoms with van der Waals surface area (Å²) in [7, 11) is 2.05. The molecular weight excluding hydrogens is 194 g/mol. The van der Waals surface area contributed by atoms with Gasteiger partial charge in [0.1, 0.15) is 0 Å². The number of hydrogen-bond donors (Lipinski definition) is 1. The first kappa shape index (κ1) is 13.2. The van der Waals surface area contributed by atoms with E-state index in [0.29, 0.717) is 5.92 Å². The Morgan fingerprint density at radius 2 is 1.62 bits per heavy atom. The Bertz CT molecular complexity index is 285. The van der Waals surface area contributed by atoms with Gasteiger partial charge in [0.2, 0.25) is 0 Å². The van der Waals surface area contributed by atoms with Gasteiger partial charge in [-0.3, -0.25) is 0 Å². The van der Waals surface area contributed by atoms with Crippen LogP contribution in [0.3, 0.4) is 0 Å². The molecule has 1 rings (SSSR count). The average molecular weight is 219 g/mol. The SMILES string of the molecule is CCC(CC)C(CNC)c1ccc(C)cc1. The van der Waals surface area contributed by atoms with Gasteiger partial charge in [0.25, 0.3) is 0 Å². The molecule has 0 aliphatic heterocycles. The van der Waals surface area contributed by atoms with Crippen LogP contribution in [0.15, 0.2) is 24.3 Å². The van der Waals surface area contributed by atoms with Crippen LogP contribution in [0.1, 0.15) is 43.7 Å². The third kappa shape index (κ3) is 3.34. The predicted octanol–water partition coefficient (Wildman–Crippen LogP) is 3.73. The molecule has 0 saturated carbocycles. The third-order valence-electron chi connectivity index (χ3n) is 3.55. The standard InChI is InChI=1S/C15H25N/c1-5-13(6-2)15(11-16-4)14-9-7-12(3)8-10-14/h7-10,13,15-16H,5-6,11H2,1-4H3. The van der Waals surface area contributed by atoms with Gasteiger partial charge in [-0.25, -0.2) is 0 Å². The molecule has 1 heteroatoms. The summed E-state index contributed by atoms with van der Waals surface area (Å²) in [5.41, 5.74) is 2.82. The fraction of sp³-hybridized carbons (Fsp3) is 0.600. The predicted molar refractivity (Wildman–Crippen MR) is 71.9 cm³/mol. The monoisotopic (exact) mass is 219 g/mol. The van der Waals surface area contributed by atoms with E-state index in [9.17, 15) is 0 Å². The lowest BCUT2D eigenvalue weighted by Gasteiger charge is -2.25. The highest BCUT2D eigenvalue weighted by Crippen LogP contribution is 2.29. The second-order valence-corrected chi connectivity index (χ2v) is 4.65. The smallest absolute Gasteiger partial charge is 0.00198 e. The van der Waals surface area contributed by atoms with E-state index >= 15 is 0 Å². The maximum atomic E-state index is 3.33. The Balaban J connectivity index is 2.87. The number of benzene rings is 1. The Kier molecular flexibility index (Phi) is 5.54. The second kappa shape index (κ2) is 6.70. The number of rotatable bonds is 6. The zero-order valence-corrected chi connectivity index (χ0v) is 11.1. The van der Waals surface area contributed by atoms with Crippen LogP contribution in [0.25, 0.3) is 0 Å². The summed E-state index contributed by atoms with van der Waals surface area (Å²) in [6.45, 7) is 7.82. The van der Waals surface area contributed by atoms with Gasteiger partial charge in [0.15, 0.2) is 0 Å². The van der Waals surface area contributed by atoms with E-state index in [4.69, 9.17) is 0 Å². The summed E-state index contributed by atoms with van der Waals surface area (Å²) in [5, 5.41) is 3.33. The van der Waals surface area contributed by atoms with E-state index in [2.05, 4.69) is 50.4 Å². The Morgan fingerprint density at radius 1 is 1.06 bits per heavy atom. The number of nitrogens with one attached hydrogen (secondary N) is 1. The maximum Gasteiger partial charge on any atom is 0.00198 e. The first-order chi connectivity index (χ1) is 7.72. The molecule has 0 spiro atoms. The van der Waals surface area contributed by atoms with Gasteiger partial charge in [-0.1, -0.05) is 56.5 Å². The minimum atomic E-state index is 0.653. The first-order valence-corrected chi connectivity index (χ1v) is 6.44. The molecule has 1 nitrogen and oxygen atoms in total. The van der Waals surface area contributed by atoms with E-state index in [-0.39, 0.29) is 0 Å². The molecule has 90 valence electrons. The van der Waals surface area contributed by atoms with E-state index < -0.39 is 0 Å². The van der Waals surface area contributed by atoms with Gasteiger partial charge in [-0.05, 0) is 31.4 Å². The highest BCUT2D eigenvalue weighted by molar-refractivity contribution is 5.25. The molecule has 16 heavy (non-hydrogen) atoms. The highest BCUT2D eigenvalue weighted by Gasteiger charge is 2.19. The average Bonchev–Trinajstić information content (AvgIpc) is 2.31. The van der Waals surface area contributed by atoms with Crippen molar-refractivity contribution in [3.8, 4) is 0 Å². The molecule has 0 aliphatic carbocycles. The van der Waals surface area contributed by atoms with Crippen LogP contribution in [-0.2, 0) is 0 Å². The van der Waals surface area contributed by atoms with E-state index in [1.54, 1.807) is 0 Å². The second-order valence-electron chi connectivity index (χ2n) is 4.65. The molecule has 1 aromatic carbocycles. The van der Waals surface area contributed by atoms with Crippen molar-refractivity contribution < 1.29 is 0 Å². The van der Waals surface area contributed by atoms with Crippen molar-refractivity contribution in [1.82, 2.24) is 5.32 Å². The van der Waals surface area contributed by atoms with E-state index in [0.717, 1.165) is 12.5 Å². The summed E-state index contributed by atoms with van der Waals surface area (Å²) in [5.74, 6) is 1.44. The molecule has 0 heterocycles. The van der Waals surface area contributed by atoms with Crippen molar-refractivity contribution in [2.45, 2.75) is 39.5 Å². The maximum absolute atomic E-state index is 3.33. The van der Waals surface area contributed by atoms with Gasteiger partial charge in [-0.2, -0.15) is 0 Å². The first-order valence-electron chi connectivity index (χ1n) is 6.44. The summed E-state index contributed by atoms with van der Waals surface area (Å²) in [6.07, 6.45) is 2.52. The van der Waals surface area contributed by atoms with E-state index in [1.807, 2.05) is 7.05 Å². The van der Waals surface area contributed by atoms with Crippen LogP contribution in [0, 0.1) is 12.8 Å². The van der Waals surface area contributed by atoms with Crippen molar-refractivity contribution in [2.24, 2.45) is 5.92 Å². The van der Waals surface area contributed by atoms with Gasteiger partial charge >= 0.3 is 0 Å². The lowest BCUT2D eigenvalue weighted by atomic mass is 9.82. The topological polar surface area (TPSA) is 12.0 Å². The van der Waals surface area contributed by atoms with Crippen molar-refractivity contribution in [3.63, 3.8) is 0 Å². The molecule has 1 aromatic rings. The van der Waals surface area contributed by atoms with Crippen molar-refractivity contribution in [3.05, 3.63) is 35.4 Å². The lowest BCUT2D eigenvalue weighted by molar-refractivity contribution is 0.387. The van der Waals surface area contributed by atoms with Gasteiger partial charge in [0, 0.05) is 6.54 Å². The van der Waals surface area contributed by atoms with Crippen molar-refractivity contribution >= 4 is 0 Å². The van der Waals surface area contributed by atoms with Crippen LogP contribution in [0.2, 0.25) is 0 Å². The molecule has 0 amide bonds. The summed E-state index contributed by atoms with van der Waals surface area (Å²) in [4.78, 5) is 0. The Hall–Kier alpha value is -0.820. The van der Waals surface area contributed by atoms with Gasteiger partial charge in [0.05, 0.1) is 0 Å². The highest BCUT2D eigenvalue weighted by atomic mass is 14.8. The van der Waals surface area contributed by atoms with E-state index in [1.165, 1.54) is 24.0 Å². The van der Waals surface area contributed by atoms with Crippen LogP contribution in [0.4, 0.5) is 0 Å². The molecule has 1 unspecified atom stereocenters. The normalized spacial score (nSPS) is 13.1. The summed E-state index contributed by atoms with van der Waals surface area (Å²) in [6, 6.07) is 9.02. The molecule has 0 aromatic heterocycles. The number of hydrogen-bond acceptors (Lipinski definition) is 1. The van der Waals surface area contributed by atoms with Crippen molar-refractivity contribution in [1.29, 1.82) is 0 Å². The Labute approximate surface area is 100 Å². The lowest BCUT2D eigenvalue weighted by Crippen LogP contribution is -2.23.